The molecule has 2 amide bonds. The first-order chi connectivity index (χ1) is 15.1. The normalized spacial score (nSPS) is 15.3. The third-order valence-electron chi connectivity index (χ3n) is 4.96. The maximum Gasteiger partial charge on any atom is 0.265 e. The van der Waals surface area contributed by atoms with Crippen LogP contribution in [0, 0.1) is 0 Å². The summed E-state index contributed by atoms with van der Waals surface area (Å²) < 4.78 is 5.95. The van der Waals surface area contributed by atoms with Crippen molar-refractivity contribution in [2.24, 2.45) is 0 Å². The summed E-state index contributed by atoms with van der Waals surface area (Å²) in [5.74, 6) is -0.250. The summed E-state index contributed by atoms with van der Waals surface area (Å²) in [6.07, 6.45) is 3.10. The predicted octanol–water partition coefficient (Wildman–Crippen LogP) is 4.23. The summed E-state index contributed by atoms with van der Waals surface area (Å²) >= 11 is 5.06. The smallest absolute Gasteiger partial charge is 0.265 e. The van der Waals surface area contributed by atoms with Crippen molar-refractivity contribution in [3.63, 3.8) is 0 Å². The van der Waals surface area contributed by atoms with Gasteiger partial charge in [0.15, 0.2) is 5.11 Å². The van der Waals surface area contributed by atoms with E-state index in [4.69, 9.17) is 17.0 Å². The molecule has 1 aliphatic heterocycles. The topological polar surface area (TPSA) is 58.6 Å². The van der Waals surface area contributed by atoms with Gasteiger partial charge in [0.05, 0.1) is 0 Å². The van der Waals surface area contributed by atoms with E-state index in [1.807, 2.05) is 36.4 Å². The second-order valence-corrected chi connectivity index (χ2v) is 7.40. The second kappa shape index (κ2) is 8.93. The van der Waals surface area contributed by atoms with E-state index in [0.717, 1.165) is 10.9 Å². The lowest BCUT2D eigenvalue weighted by Crippen LogP contribution is -2.53. The lowest BCUT2D eigenvalue weighted by Gasteiger charge is -2.27. The van der Waals surface area contributed by atoms with E-state index in [1.165, 1.54) is 10.3 Å². The van der Waals surface area contributed by atoms with Gasteiger partial charge >= 0.3 is 0 Å². The number of fused-ring (bicyclic) bond motifs is 1. The highest BCUT2D eigenvalue weighted by Crippen LogP contribution is 2.22. The van der Waals surface area contributed by atoms with Crippen molar-refractivity contribution in [2.45, 2.75) is 6.61 Å². The molecule has 1 aliphatic rings. The number of nitrogens with zero attached hydrogens (tertiary/aromatic N) is 1. The molecule has 0 spiro atoms. The van der Waals surface area contributed by atoms with Crippen molar-refractivity contribution in [1.82, 2.24) is 10.2 Å². The van der Waals surface area contributed by atoms with Crippen LogP contribution in [0.4, 0.5) is 0 Å². The van der Waals surface area contributed by atoms with Crippen LogP contribution < -0.4 is 10.1 Å². The summed E-state index contributed by atoms with van der Waals surface area (Å²) in [7, 11) is 0. The molecule has 0 radical (unpaired) electrons. The fourth-order valence-electron chi connectivity index (χ4n) is 3.40. The van der Waals surface area contributed by atoms with E-state index in [0.29, 0.717) is 17.9 Å². The van der Waals surface area contributed by atoms with Crippen LogP contribution in [0.2, 0.25) is 0 Å². The van der Waals surface area contributed by atoms with Crippen molar-refractivity contribution in [2.75, 3.05) is 6.54 Å². The van der Waals surface area contributed by atoms with Crippen molar-refractivity contribution < 1.29 is 14.3 Å². The number of thiocarbonyl (C=S) groups is 1. The van der Waals surface area contributed by atoms with Gasteiger partial charge in [-0.15, -0.1) is 6.58 Å². The Labute approximate surface area is 185 Å². The van der Waals surface area contributed by atoms with Gasteiger partial charge in [-0.25, -0.2) is 0 Å². The van der Waals surface area contributed by atoms with Gasteiger partial charge in [-0.05, 0) is 52.3 Å². The molecule has 6 heteroatoms. The Balaban J connectivity index is 1.49. The number of rotatable bonds is 6. The molecule has 0 unspecified atom stereocenters. The van der Waals surface area contributed by atoms with Gasteiger partial charge in [0.1, 0.15) is 17.9 Å². The minimum Gasteiger partial charge on any atom is -0.489 e. The molecule has 3 aromatic carbocycles. The van der Waals surface area contributed by atoms with Crippen LogP contribution in [0.1, 0.15) is 11.1 Å². The highest BCUT2D eigenvalue weighted by molar-refractivity contribution is 7.80. The molecule has 0 atom stereocenters. The molecule has 4 rings (SSSR count). The number of hydrogen-bond donors (Lipinski definition) is 1. The predicted molar refractivity (Wildman–Crippen MR) is 125 cm³/mol. The Hall–Kier alpha value is -3.77. The van der Waals surface area contributed by atoms with Gasteiger partial charge < -0.3 is 4.74 Å². The molecule has 1 fully saturated rings. The molecule has 0 aromatic heterocycles. The monoisotopic (exact) mass is 428 g/mol. The third-order valence-corrected chi connectivity index (χ3v) is 5.29. The molecule has 1 heterocycles. The minimum atomic E-state index is -0.508. The molecule has 1 N–H and O–H groups in total. The Morgan fingerprint density at radius 2 is 1.74 bits per heavy atom. The standard InChI is InChI=1S/C25H20N2O3S/c1-2-14-27-24(29)22(23(28)26-25(27)31)15-17-10-12-20(13-11-17)30-16-19-8-5-7-18-6-3-4-9-21(18)19/h2-13,15H,1,14,16H2,(H,26,28,31)/b22-15+. The van der Waals surface area contributed by atoms with Crippen LogP contribution in [0.15, 0.2) is 85.0 Å². The molecular weight excluding hydrogens is 408 g/mol. The SMILES string of the molecule is C=CCN1C(=O)/C(=C/c2ccc(OCc3cccc4ccccc34)cc2)C(=O)NC1=S. The van der Waals surface area contributed by atoms with Crippen molar-refractivity contribution in [3.8, 4) is 5.75 Å². The molecule has 3 aromatic rings. The Bertz CT molecular complexity index is 1210. The van der Waals surface area contributed by atoms with E-state index in [9.17, 15) is 9.59 Å². The summed E-state index contributed by atoms with van der Waals surface area (Å²) in [5.41, 5.74) is 1.84. The fourth-order valence-corrected chi connectivity index (χ4v) is 3.65. The van der Waals surface area contributed by atoms with Crippen molar-refractivity contribution in [1.29, 1.82) is 0 Å². The molecule has 0 bridgehead atoms. The molecule has 0 aliphatic carbocycles. The molecule has 0 saturated carbocycles. The second-order valence-electron chi connectivity index (χ2n) is 7.02. The van der Waals surface area contributed by atoms with Crippen LogP contribution in [-0.4, -0.2) is 28.4 Å². The van der Waals surface area contributed by atoms with Crippen LogP contribution >= 0.6 is 12.2 Å². The summed E-state index contributed by atoms with van der Waals surface area (Å²) in [4.78, 5) is 26.2. The van der Waals surface area contributed by atoms with Gasteiger partial charge in [-0.1, -0.05) is 60.7 Å². The number of nitrogens with one attached hydrogen (secondary N) is 1. The zero-order valence-corrected chi connectivity index (χ0v) is 17.5. The molecule has 5 nitrogen and oxygen atoms in total. The first kappa shape index (κ1) is 20.5. The summed E-state index contributed by atoms with van der Waals surface area (Å²) in [6.45, 7) is 4.29. The van der Waals surface area contributed by atoms with Crippen molar-refractivity contribution >= 4 is 46.0 Å². The van der Waals surface area contributed by atoms with E-state index in [-0.39, 0.29) is 17.2 Å². The quantitative estimate of drug-likeness (QED) is 0.276. The molecule has 31 heavy (non-hydrogen) atoms. The van der Waals surface area contributed by atoms with Crippen LogP contribution in [0.25, 0.3) is 16.8 Å². The zero-order valence-electron chi connectivity index (χ0n) is 16.7. The molecular formula is C25H20N2O3S. The summed E-state index contributed by atoms with van der Waals surface area (Å²) in [5, 5.41) is 4.96. The maximum absolute atomic E-state index is 12.6. The Morgan fingerprint density at radius 3 is 2.52 bits per heavy atom. The van der Waals surface area contributed by atoms with Gasteiger partial charge in [-0.3, -0.25) is 19.8 Å². The maximum atomic E-state index is 12.6. The average molecular weight is 429 g/mol. The first-order valence-electron chi connectivity index (χ1n) is 9.76. The number of amides is 2. The van der Waals surface area contributed by atoms with E-state index in [2.05, 4.69) is 30.1 Å². The lowest BCUT2D eigenvalue weighted by atomic mass is 10.1. The van der Waals surface area contributed by atoms with E-state index >= 15 is 0 Å². The highest BCUT2D eigenvalue weighted by atomic mass is 32.1. The van der Waals surface area contributed by atoms with Crippen LogP contribution in [0.3, 0.4) is 0 Å². The van der Waals surface area contributed by atoms with Crippen molar-refractivity contribution in [3.05, 3.63) is 96.1 Å². The Kier molecular flexibility index (Phi) is 5.91. The fraction of sp³-hybridized carbons (Fsp3) is 0.0800. The third kappa shape index (κ3) is 4.39. The molecule has 1 saturated heterocycles. The van der Waals surface area contributed by atoms with Gasteiger partial charge in [0.2, 0.25) is 0 Å². The van der Waals surface area contributed by atoms with Gasteiger partial charge in [0.25, 0.3) is 11.8 Å². The highest BCUT2D eigenvalue weighted by Gasteiger charge is 2.32. The number of ether oxygens (including phenoxy) is 1. The Morgan fingerprint density at radius 1 is 1.00 bits per heavy atom. The first-order valence-corrected chi connectivity index (χ1v) is 10.2. The zero-order chi connectivity index (χ0) is 21.8. The largest absolute Gasteiger partial charge is 0.489 e. The van der Waals surface area contributed by atoms with E-state index < -0.39 is 11.8 Å². The number of hydrogen-bond acceptors (Lipinski definition) is 4. The number of carbonyl (C=O) groups is 2. The van der Waals surface area contributed by atoms with Crippen LogP contribution in [-0.2, 0) is 16.2 Å². The van der Waals surface area contributed by atoms with Crippen LogP contribution in [0.5, 0.6) is 5.75 Å². The number of benzene rings is 3. The number of carbonyl (C=O) groups excluding carboxylic acids is 2. The van der Waals surface area contributed by atoms with Gasteiger partial charge in [0, 0.05) is 6.54 Å². The lowest BCUT2D eigenvalue weighted by molar-refractivity contribution is -0.128. The minimum absolute atomic E-state index is 0.0277. The summed E-state index contributed by atoms with van der Waals surface area (Å²) in [6, 6.07) is 21.6. The van der Waals surface area contributed by atoms with E-state index in [1.54, 1.807) is 24.3 Å². The van der Waals surface area contributed by atoms with Gasteiger partial charge in [-0.2, -0.15) is 0 Å². The molecule has 154 valence electrons. The average Bonchev–Trinajstić information content (AvgIpc) is 2.79.